The highest BCUT2D eigenvalue weighted by Gasteiger charge is 2.49. The van der Waals surface area contributed by atoms with E-state index in [-0.39, 0.29) is 18.0 Å². The second kappa shape index (κ2) is 6.23. The number of benzene rings is 1. The number of amides is 3. The van der Waals surface area contributed by atoms with E-state index in [1.165, 1.54) is 13.0 Å². The van der Waals surface area contributed by atoms with E-state index in [0.717, 1.165) is 23.5 Å². The van der Waals surface area contributed by atoms with Crippen molar-refractivity contribution in [2.75, 3.05) is 0 Å². The predicted molar refractivity (Wildman–Crippen MR) is 81.1 cm³/mol. The molecule has 1 unspecified atom stereocenters. The van der Waals surface area contributed by atoms with Crippen LogP contribution < -0.4 is 5.32 Å². The lowest BCUT2D eigenvalue weighted by molar-refractivity contribution is -0.131. The van der Waals surface area contributed by atoms with Crippen molar-refractivity contribution in [2.24, 2.45) is 0 Å². The topological polar surface area (TPSA) is 88.3 Å². The highest BCUT2D eigenvalue weighted by Crippen LogP contribution is 2.30. The first-order chi connectivity index (χ1) is 11.8. The number of hydrogen-bond donors (Lipinski definition) is 1. The predicted octanol–water partition coefficient (Wildman–Crippen LogP) is 2.27. The highest BCUT2D eigenvalue weighted by atomic mass is 19.2. The molecule has 7 nitrogen and oxygen atoms in total. The van der Waals surface area contributed by atoms with E-state index in [2.05, 4.69) is 15.5 Å². The summed E-state index contributed by atoms with van der Waals surface area (Å²) in [5.74, 6) is -2.12. The monoisotopic (exact) mass is 350 g/mol. The second-order valence-corrected chi connectivity index (χ2v) is 5.93. The van der Waals surface area contributed by atoms with Gasteiger partial charge in [-0.1, -0.05) is 18.1 Å². The van der Waals surface area contributed by atoms with E-state index in [1.54, 1.807) is 0 Å². The fraction of sp³-hybridized carbons (Fsp3) is 0.375. The van der Waals surface area contributed by atoms with Gasteiger partial charge in [0.1, 0.15) is 12.1 Å². The Morgan fingerprint density at radius 2 is 2.04 bits per heavy atom. The number of aryl methyl sites for hydroxylation is 1. The summed E-state index contributed by atoms with van der Waals surface area (Å²) in [6, 6.07) is 2.38. The average Bonchev–Trinajstić information content (AvgIpc) is 3.09. The summed E-state index contributed by atoms with van der Waals surface area (Å²) in [4.78, 5) is 29.9. The van der Waals surface area contributed by atoms with E-state index >= 15 is 0 Å². The fourth-order valence-corrected chi connectivity index (χ4v) is 2.66. The SMILES string of the molecule is CCCc1noc(CN2C(=O)NC(C)(c3ccc(F)c(F)c3)C2=O)n1. The minimum Gasteiger partial charge on any atom is -0.337 e. The molecule has 25 heavy (non-hydrogen) atoms. The van der Waals surface area contributed by atoms with Crippen LogP contribution in [0.4, 0.5) is 13.6 Å². The minimum atomic E-state index is -1.50. The van der Waals surface area contributed by atoms with E-state index in [9.17, 15) is 18.4 Å². The van der Waals surface area contributed by atoms with Gasteiger partial charge in [-0.05, 0) is 31.0 Å². The lowest BCUT2D eigenvalue weighted by Gasteiger charge is -2.22. The highest BCUT2D eigenvalue weighted by molar-refractivity contribution is 6.07. The standard InChI is InChI=1S/C16H16F2N4O3/c1-3-4-12-19-13(25-21-12)8-22-14(23)16(2,20-15(22)24)9-5-6-10(17)11(18)7-9/h5-7H,3-4,8H2,1-2H3,(H,20,24). The van der Waals surface area contributed by atoms with Crippen molar-refractivity contribution in [1.29, 1.82) is 0 Å². The average molecular weight is 350 g/mol. The molecule has 1 saturated heterocycles. The Hall–Kier alpha value is -2.84. The molecule has 0 saturated carbocycles. The summed E-state index contributed by atoms with van der Waals surface area (Å²) in [7, 11) is 0. The number of carbonyl (C=O) groups excluding carboxylic acids is 2. The Morgan fingerprint density at radius 1 is 1.28 bits per heavy atom. The summed E-state index contributed by atoms with van der Waals surface area (Å²) in [6.07, 6.45) is 1.45. The largest absolute Gasteiger partial charge is 0.337 e. The van der Waals surface area contributed by atoms with Crippen LogP contribution in [0, 0.1) is 11.6 Å². The van der Waals surface area contributed by atoms with Crippen LogP contribution >= 0.6 is 0 Å². The Morgan fingerprint density at radius 3 is 2.72 bits per heavy atom. The molecule has 0 bridgehead atoms. The van der Waals surface area contributed by atoms with Crippen molar-refractivity contribution in [3.05, 3.63) is 47.1 Å². The molecule has 1 aromatic carbocycles. The van der Waals surface area contributed by atoms with E-state index < -0.39 is 29.1 Å². The summed E-state index contributed by atoms with van der Waals surface area (Å²) in [6.45, 7) is 3.19. The maximum absolute atomic E-state index is 13.5. The third-order valence-electron chi connectivity index (χ3n) is 4.05. The van der Waals surface area contributed by atoms with Crippen LogP contribution in [0.5, 0.6) is 0 Å². The molecule has 1 fully saturated rings. The zero-order valence-electron chi connectivity index (χ0n) is 13.7. The summed E-state index contributed by atoms with van der Waals surface area (Å²) >= 11 is 0. The smallest absolute Gasteiger partial charge is 0.325 e. The molecule has 2 heterocycles. The Kier molecular flexibility index (Phi) is 4.23. The summed E-state index contributed by atoms with van der Waals surface area (Å²) in [5.41, 5.74) is -1.36. The lowest BCUT2D eigenvalue weighted by Crippen LogP contribution is -2.41. The first kappa shape index (κ1) is 17.0. The number of halogens is 2. The van der Waals surface area contributed by atoms with Crippen LogP contribution in [-0.4, -0.2) is 27.0 Å². The number of imide groups is 1. The van der Waals surface area contributed by atoms with E-state index in [4.69, 9.17) is 4.52 Å². The number of aromatic nitrogens is 2. The molecule has 9 heteroatoms. The van der Waals surface area contributed by atoms with Crippen LogP contribution in [0.2, 0.25) is 0 Å². The first-order valence-corrected chi connectivity index (χ1v) is 7.76. The number of rotatable bonds is 5. The molecule has 3 amide bonds. The molecule has 0 radical (unpaired) electrons. The molecular weight excluding hydrogens is 334 g/mol. The van der Waals surface area contributed by atoms with Gasteiger partial charge < -0.3 is 9.84 Å². The van der Waals surface area contributed by atoms with Crippen molar-refractivity contribution in [2.45, 2.75) is 38.8 Å². The molecule has 1 aromatic heterocycles. The molecule has 1 aliphatic heterocycles. The number of nitrogens with zero attached hydrogens (tertiary/aromatic N) is 3. The van der Waals surface area contributed by atoms with Gasteiger partial charge >= 0.3 is 6.03 Å². The number of carbonyl (C=O) groups is 2. The first-order valence-electron chi connectivity index (χ1n) is 7.76. The zero-order chi connectivity index (χ0) is 18.2. The number of nitrogens with one attached hydrogen (secondary N) is 1. The van der Waals surface area contributed by atoms with E-state index in [0.29, 0.717) is 12.2 Å². The van der Waals surface area contributed by atoms with Gasteiger partial charge in [0.05, 0.1) is 0 Å². The van der Waals surface area contributed by atoms with Gasteiger partial charge in [0, 0.05) is 6.42 Å². The van der Waals surface area contributed by atoms with Gasteiger partial charge in [-0.2, -0.15) is 4.98 Å². The van der Waals surface area contributed by atoms with Gasteiger partial charge in [0.2, 0.25) is 5.89 Å². The van der Waals surface area contributed by atoms with Gasteiger partial charge in [0.25, 0.3) is 5.91 Å². The van der Waals surface area contributed by atoms with Crippen LogP contribution in [0.15, 0.2) is 22.7 Å². The molecule has 2 aromatic rings. The van der Waals surface area contributed by atoms with Crippen molar-refractivity contribution in [3.8, 4) is 0 Å². The molecule has 1 atom stereocenters. The Bertz CT molecular complexity index is 839. The van der Waals surface area contributed by atoms with Gasteiger partial charge in [-0.25, -0.2) is 13.6 Å². The van der Waals surface area contributed by atoms with Crippen molar-refractivity contribution < 1.29 is 22.9 Å². The Labute approximate surface area is 142 Å². The molecular formula is C16H16F2N4O3. The molecule has 3 rings (SSSR count). The molecule has 132 valence electrons. The van der Waals surface area contributed by atoms with Crippen LogP contribution in [-0.2, 0) is 23.3 Å². The lowest BCUT2D eigenvalue weighted by atomic mass is 9.92. The van der Waals surface area contributed by atoms with Crippen molar-refractivity contribution in [1.82, 2.24) is 20.4 Å². The number of urea groups is 1. The molecule has 0 spiro atoms. The second-order valence-electron chi connectivity index (χ2n) is 5.93. The third-order valence-corrected chi connectivity index (χ3v) is 4.05. The number of hydrogen-bond acceptors (Lipinski definition) is 5. The third kappa shape index (κ3) is 2.97. The molecule has 0 aliphatic carbocycles. The summed E-state index contributed by atoms with van der Waals surface area (Å²) in [5, 5.41) is 6.27. The van der Waals surface area contributed by atoms with E-state index in [1.807, 2.05) is 6.92 Å². The summed E-state index contributed by atoms with van der Waals surface area (Å²) < 4.78 is 31.7. The zero-order valence-corrected chi connectivity index (χ0v) is 13.7. The van der Waals surface area contributed by atoms with Crippen LogP contribution in [0.3, 0.4) is 0 Å². The molecule has 1 aliphatic rings. The fourth-order valence-electron chi connectivity index (χ4n) is 2.66. The van der Waals surface area contributed by atoms with Crippen molar-refractivity contribution >= 4 is 11.9 Å². The van der Waals surface area contributed by atoms with Crippen LogP contribution in [0.25, 0.3) is 0 Å². The minimum absolute atomic E-state index is 0.126. The van der Waals surface area contributed by atoms with Gasteiger partial charge in [-0.3, -0.25) is 9.69 Å². The normalized spacial score (nSPS) is 20.2. The van der Waals surface area contributed by atoms with Gasteiger partial charge in [0.15, 0.2) is 17.5 Å². The quantitative estimate of drug-likeness (QED) is 0.836. The van der Waals surface area contributed by atoms with Crippen molar-refractivity contribution in [3.63, 3.8) is 0 Å². The molecule has 1 N–H and O–H groups in total. The van der Waals surface area contributed by atoms with Gasteiger partial charge in [-0.15, -0.1) is 0 Å². The maximum Gasteiger partial charge on any atom is 0.325 e. The van der Waals surface area contributed by atoms with Crippen LogP contribution in [0.1, 0.15) is 37.5 Å². The maximum atomic E-state index is 13.5. The Balaban J connectivity index is 1.84.